The van der Waals surface area contributed by atoms with Crippen molar-refractivity contribution in [2.24, 2.45) is 0 Å². The Balaban J connectivity index is 1.98. The van der Waals surface area contributed by atoms with Crippen LogP contribution in [0.4, 0.5) is 5.95 Å². The van der Waals surface area contributed by atoms with E-state index in [0.717, 1.165) is 12.2 Å². The first-order chi connectivity index (χ1) is 10.6. The van der Waals surface area contributed by atoms with Crippen molar-refractivity contribution in [3.8, 4) is 5.75 Å². The predicted molar refractivity (Wildman–Crippen MR) is 82.8 cm³/mol. The molecule has 0 fully saturated rings. The highest BCUT2D eigenvalue weighted by molar-refractivity contribution is 6.03. The molecule has 7 heteroatoms. The lowest BCUT2D eigenvalue weighted by atomic mass is 10.2. The van der Waals surface area contributed by atoms with Crippen LogP contribution in [-0.2, 0) is 6.54 Å². The Kier molecular flexibility index (Phi) is 5.24. The van der Waals surface area contributed by atoms with Crippen LogP contribution in [0.5, 0.6) is 5.75 Å². The normalized spacial score (nSPS) is 11.7. The van der Waals surface area contributed by atoms with Crippen molar-refractivity contribution in [3.63, 3.8) is 0 Å². The molecule has 0 saturated carbocycles. The quantitative estimate of drug-likeness (QED) is 0.793. The lowest BCUT2D eigenvalue weighted by Gasteiger charge is -2.12. The molecule has 2 aromatic rings. The zero-order valence-corrected chi connectivity index (χ0v) is 12.7. The van der Waals surface area contributed by atoms with Crippen molar-refractivity contribution in [2.45, 2.75) is 32.9 Å². The lowest BCUT2D eigenvalue weighted by molar-refractivity contribution is 0.102. The fourth-order valence-electron chi connectivity index (χ4n) is 1.66. The van der Waals surface area contributed by atoms with E-state index in [1.165, 1.54) is 4.80 Å². The van der Waals surface area contributed by atoms with Gasteiger partial charge in [-0.1, -0.05) is 18.1 Å². The standard InChI is InChI=1S/C15H19N5O2/c1-4-10-20-18-15(17-19-20)16-14(21)12-6-8-13(9-7-12)22-11(3)5-2/h4,6-9,11H,1,5,10H2,2-3H3,(H,16,18,21)/t11-/m1/s1. The number of tetrazole rings is 1. The molecule has 116 valence electrons. The summed E-state index contributed by atoms with van der Waals surface area (Å²) in [6.07, 6.45) is 2.71. The molecule has 0 unspecified atom stereocenters. The minimum Gasteiger partial charge on any atom is -0.491 e. The zero-order chi connectivity index (χ0) is 15.9. The Morgan fingerprint density at radius 2 is 2.18 bits per heavy atom. The van der Waals surface area contributed by atoms with E-state index in [-0.39, 0.29) is 18.0 Å². The molecule has 1 N–H and O–H groups in total. The summed E-state index contributed by atoms with van der Waals surface area (Å²) in [5, 5.41) is 14.1. The molecule has 0 aliphatic carbocycles. The molecule has 0 aliphatic heterocycles. The van der Waals surface area contributed by atoms with Crippen molar-refractivity contribution in [3.05, 3.63) is 42.5 Å². The zero-order valence-electron chi connectivity index (χ0n) is 12.7. The van der Waals surface area contributed by atoms with Crippen molar-refractivity contribution in [1.82, 2.24) is 20.2 Å². The summed E-state index contributed by atoms with van der Waals surface area (Å²) in [4.78, 5) is 13.4. The van der Waals surface area contributed by atoms with Gasteiger partial charge in [-0.2, -0.15) is 4.80 Å². The summed E-state index contributed by atoms with van der Waals surface area (Å²) in [5.74, 6) is 0.598. The van der Waals surface area contributed by atoms with Crippen molar-refractivity contribution >= 4 is 11.9 Å². The number of allylic oxidation sites excluding steroid dienone is 1. The second-order valence-electron chi connectivity index (χ2n) is 4.77. The molecule has 0 bridgehead atoms. The SMILES string of the molecule is C=CCn1nnc(NC(=O)c2ccc(O[C@H](C)CC)cc2)n1. The van der Waals surface area contributed by atoms with Gasteiger partial charge in [0.05, 0.1) is 12.6 Å². The van der Waals surface area contributed by atoms with Gasteiger partial charge in [-0.3, -0.25) is 10.1 Å². The van der Waals surface area contributed by atoms with Crippen LogP contribution in [0.3, 0.4) is 0 Å². The summed E-state index contributed by atoms with van der Waals surface area (Å²) in [5.41, 5.74) is 0.497. The van der Waals surface area contributed by atoms with E-state index in [1.807, 2.05) is 6.92 Å². The number of nitrogens with zero attached hydrogens (tertiary/aromatic N) is 4. The number of hydrogen-bond donors (Lipinski definition) is 1. The minimum atomic E-state index is -0.298. The van der Waals surface area contributed by atoms with E-state index < -0.39 is 0 Å². The van der Waals surface area contributed by atoms with Crippen molar-refractivity contribution < 1.29 is 9.53 Å². The third-order valence-corrected chi connectivity index (χ3v) is 3.00. The molecule has 1 aromatic heterocycles. The Labute approximate surface area is 129 Å². The van der Waals surface area contributed by atoms with E-state index in [1.54, 1.807) is 30.3 Å². The summed E-state index contributed by atoms with van der Waals surface area (Å²) in [7, 11) is 0. The summed E-state index contributed by atoms with van der Waals surface area (Å²) in [6, 6.07) is 6.93. The maximum Gasteiger partial charge on any atom is 0.270 e. The van der Waals surface area contributed by atoms with Gasteiger partial charge in [-0.25, -0.2) is 0 Å². The van der Waals surface area contributed by atoms with Crippen LogP contribution >= 0.6 is 0 Å². The van der Waals surface area contributed by atoms with Crippen molar-refractivity contribution in [2.75, 3.05) is 5.32 Å². The second kappa shape index (κ2) is 7.35. The topological polar surface area (TPSA) is 81.9 Å². The van der Waals surface area contributed by atoms with Crippen LogP contribution in [-0.4, -0.2) is 32.2 Å². The molecule has 0 saturated heterocycles. The van der Waals surface area contributed by atoms with Crippen LogP contribution in [0.2, 0.25) is 0 Å². The first kappa shape index (κ1) is 15.7. The highest BCUT2D eigenvalue weighted by atomic mass is 16.5. The van der Waals surface area contributed by atoms with Crippen LogP contribution < -0.4 is 10.1 Å². The van der Waals surface area contributed by atoms with E-state index in [0.29, 0.717) is 12.1 Å². The van der Waals surface area contributed by atoms with Gasteiger partial charge in [0.2, 0.25) is 0 Å². The lowest BCUT2D eigenvalue weighted by Crippen LogP contribution is -2.14. The second-order valence-corrected chi connectivity index (χ2v) is 4.77. The summed E-state index contributed by atoms with van der Waals surface area (Å²) >= 11 is 0. The number of anilines is 1. The predicted octanol–water partition coefficient (Wildman–Crippen LogP) is 2.29. The highest BCUT2D eigenvalue weighted by Gasteiger charge is 2.10. The smallest absolute Gasteiger partial charge is 0.270 e. The third-order valence-electron chi connectivity index (χ3n) is 3.00. The maximum atomic E-state index is 12.1. The molecule has 1 atom stereocenters. The number of carbonyl (C=O) groups excluding carboxylic acids is 1. The number of nitrogens with one attached hydrogen (secondary N) is 1. The van der Waals surface area contributed by atoms with Gasteiger partial charge < -0.3 is 4.74 Å². The molecule has 1 amide bonds. The molecule has 0 spiro atoms. The van der Waals surface area contributed by atoms with Gasteiger partial charge in [0.1, 0.15) is 5.75 Å². The molecule has 1 aromatic carbocycles. The van der Waals surface area contributed by atoms with Crippen LogP contribution in [0.25, 0.3) is 0 Å². The fraction of sp³-hybridized carbons (Fsp3) is 0.333. The number of ether oxygens (including phenoxy) is 1. The van der Waals surface area contributed by atoms with E-state index >= 15 is 0 Å². The van der Waals surface area contributed by atoms with Gasteiger partial charge in [0.15, 0.2) is 0 Å². The molecule has 0 radical (unpaired) electrons. The Hall–Kier alpha value is -2.70. The number of amides is 1. The molecule has 0 aliphatic rings. The molecule has 22 heavy (non-hydrogen) atoms. The Morgan fingerprint density at radius 1 is 1.45 bits per heavy atom. The molecule has 7 nitrogen and oxygen atoms in total. The van der Waals surface area contributed by atoms with Crippen LogP contribution in [0, 0.1) is 0 Å². The average Bonchev–Trinajstić information content (AvgIpc) is 2.95. The molecule has 2 rings (SSSR count). The highest BCUT2D eigenvalue weighted by Crippen LogP contribution is 2.15. The van der Waals surface area contributed by atoms with E-state index in [4.69, 9.17) is 4.74 Å². The number of rotatable bonds is 7. The van der Waals surface area contributed by atoms with Gasteiger partial charge in [-0.15, -0.1) is 11.7 Å². The molecular formula is C15H19N5O2. The van der Waals surface area contributed by atoms with Gasteiger partial charge in [0, 0.05) is 5.56 Å². The summed E-state index contributed by atoms with van der Waals surface area (Å²) < 4.78 is 5.67. The van der Waals surface area contributed by atoms with Crippen molar-refractivity contribution in [1.29, 1.82) is 0 Å². The van der Waals surface area contributed by atoms with E-state index in [2.05, 4.69) is 34.2 Å². The first-order valence-corrected chi connectivity index (χ1v) is 7.09. The van der Waals surface area contributed by atoms with Gasteiger partial charge >= 0.3 is 0 Å². The fourth-order valence-corrected chi connectivity index (χ4v) is 1.66. The number of benzene rings is 1. The first-order valence-electron chi connectivity index (χ1n) is 7.09. The molecular weight excluding hydrogens is 282 g/mol. The Morgan fingerprint density at radius 3 is 2.82 bits per heavy atom. The van der Waals surface area contributed by atoms with Crippen LogP contribution in [0.1, 0.15) is 30.6 Å². The Bertz CT molecular complexity index is 636. The number of carbonyl (C=O) groups is 1. The number of aromatic nitrogens is 4. The largest absolute Gasteiger partial charge is 0.491 e. The van der Waals surface area contributed by atoms with E-state index in [9.17, 15) is 4.79 Å². The third kappa shape index (κ3) is 4.15. The van der Waals surface area contributed by atoms with Crippen LogP contribution in [0.15, 0.2) is 36.9 Å². The monoisotopic (exact) mass is 301 g/mol. The maximum absolute atomic E-state index is 12.1. The van der Waals surface area contributed by atoms with Gasteiger partial charge in [-0.05, 0) is 42.8 Å². The summed E-state index contributed by atoms with van der Waals surface area (Å²) in [6.45, 7) is 8.07. The minimum absolute atomic E-state index is 0.142. The number of hydrogen-bond acceptors (Lipinski definition) is 5. The molecule has 1 heterocycles. The van der Waals surface area contributed by atoms with Gasteiger partial charge in [0.25, 0.3) is 11.9 Å². The average molecular weight is 301 g/mol.